The number of rotatable bonds is 0. The van der Waals surface area contributed by atoms with E-state index in [1.165, 1.54) is 5.56 Å². The summed E-state index contributed by atoms with van der Waals surface area (Å²) in [5, 5.41) is 0. The van der Waals surface area contributed by atoms with E-state index in [-0.39, 0.29) is 12.4 Å². The van der Waals surface area contributed by atoms with E-state index in [9.17, 15) is 4.39 Å². The first-order chi connectivity index (χ1) is 5.38. The molecule has 2 rings (SSSR count). The van der Waals surface area contributed by atoms with Crippen molar-refractivity contribution in [2.75, 3.05) is 0 Å². The average molecular weight is 187 g/mol. The predicted octanol–water partition coefficient (Wildman–Crippen LogP) is 3.46. The Morgan fingerprint density at radius 2 is 2.00 bits per heavy atom. The van der Waals surface area contributed by atoms with E-state index in [4.69, 9.17) is 0 Å². The molecule has 0 aromatic heterocycles. The van der Waals surface area contributed by atoms with Crippen LogP contribution in [0.25, 0.3) is 0 Å². The third kappa shape index (κ3) is 1.61. The maximum Gasteiger partial charge on any atom is 0.125 e. The number of halogens is 2. The quantitative estimate of drug-likeness (QED) is 0.582. The van der Waals surface area contributed by atoms with E-state index in [0.29, 0.717) is 6.42 Å². The molecule has 1 aromatic rings. The van der Waals surface area contributed by atoms with Crippen molar-refractivity contribution >= 4 is 12.4 Å². The molecule has 1 aromatic carbocycles. The van der Waals surface area contributed by atoms with Crippen molar-refractivity contribution in [3.8, 4) is 0 Å². The van der Waals surface area contributed by atoms with Gasteiger partial charge in [0, 0.05) is 0 Å². The zero-order valence-electron chi connectivity index (χ0n) is 6.79. The van der Waals surface area contributed by atoms with Crippen molar-refractivity contribution in [2.45, 2.75) is 25.4 Å². The molecule has 0 saturated heterocycles. The largest absolute Gasteiger partial charge is 0.242 e. The van der Waals surface area contributed by atoms with Crippen molar-refractivity contribution in [2.24, 2.45) is 0 Å². The van der Waals surface area contributed by atoms with Gasteiger partial charge in [-0.25, -0.2) is 4.39 Å². The molecule has 0 aliphatic heterocycles. The Bertz CT molecular complexity index is 260. The summed E-state index contributed by atoms with van der Waals surface area (Å²) in [5.41, 5.74) is 2.12. The molecule has 0 radical (unpaired) electrons. The van der Waals surface area contributed by atoms with E-state index in [1.54, 1.807) is 0 Å². The Kier molecular flexibility index (Phi) is 3.10. The topological polar surface area (TPSA) is 0 Å². The molecule has 66 valence electrons. The van der Waals surface area contributed by atoms with Gasteiger partial charge in [0.1, 0.15) is 6.17 Å². The van der Waals surface area contributed by atoms with Gasteiger partial charge in [-0.2, -0.15) is 0 Å². The lowest BCUT2D eigenvalue weighted by molar-refractivity contribution is 0.302. The normalized spacial score (nSPS) is 20.9. The minimum Gasteiger partial charge on any atom is -0.242 e. The first kappa shape index (κ1) is 9.53. The summed E-state index contributed by atoms with van der Waals surface area (Å²) in [4.78, 5) is 0. The smallest absolute Gasteiger partial charge is 0.125 e. The molecule has 0 bridgehead atoms. The monoisotopic (exact) mass is 186 g/mol. The van der Waals surface area contributed by atoms with Crippen LogP contribution in [0.4, 0.5) is 4.39 Å². The molecule has 2 heteroatoms. The summed E-state index contributed by atoms with van der Waals surface area (Å²) < 4.78 is 13.2. The van der Waals surface area contributed by atoms with Crippen LogP contribution >= 0.6 is 12.4 Å². The highest BCUT2D eigenvalue weighted by Crippen LogP contribution is 2.31. The van der Waals surface area contributed by atoms with Crippen LogP contribution in [-0.2, 0) is 6.42 Å². The second-order valence-corrected chi connectivity index (χ2v) is 3.06. The molecule has 12 heavy (non-hydrogen) atoms. The van der Waals surface area contributed by atoms with Crippen LogP contribution < -0.4 is 0 Å². The summed E-state index contributed by atoms with van der Waals surface area (Å²) in [5.74, 6) is 0. The van der Waals surface area contributed by atoms with E-state index in [0.717, 1.165) is 18.4 Å². The van der Waals surface area contributed by atoms with Crippen LogP contribution in [0.5, 0.6) is 0 Å². The van der Waals surface area contributed by atoms with E-state index in [1.807, 2.05) is 24.3 Å². The van der Waals surface area contributed by atoms with Crippen LogP contribution in [0.2, 0.25) is 0 Å². The van der Waals surface area contributed by atoms with Gasteiger partial charge >= 0.3 is 0 Å². The molecule has 1 unspecified atom stereocenters. The summed E-state index contributed by atoms with van der Waals surface area (Å²) in [6.45, 7) is 0. The first-order valence-electron chi connectivity index (χ1n) is 4.10. The fraction of sp³-hybridized carbons (Fsp3) is 0.400. The fourth-order valence-corrected chi connectivity index (χ4v) is 1.69. The Morgan fingerprint density at radius 1 is 1.25 bits per heavy atom. The van der Waals surface area contributed by atoms with Crippen molar-refractivity contribution in [3.05, 3.63) is 35.4 Å². The zero-order chi connectivity index (χ0) is 7.68. The molecule has 0 fully saturated rings. The molecule has 0 heterocycles. The lowest BCUT2D eigenvalue weighted by Crippen LogP contribution is -2.04. The van der Waals surface area contributed by atoms with Crippen molar-refractivity contribution in [1.29, 1.82) is 0 Å². The number of aryl methyl sites for hydroxylation is 1. The van der Waals surface area contributed by atoms with Gasteiger partial charge in [-0.1, -0.05) is 24.3 Å². The lowest BCUT2D eigenvalue weighted by atomic mass is 9.90. The molecular formula is C10H12ClF. The molecule has 1 atom stereocenters. The van der Waals surface area contributed by atoms with Gasteiger partial charge in [-0.3, -0.25) is 0 Å². The highest BCUT2D eigenvalue weighted by atomic mass is 35.5. The van der Waals surface area contributed by atoms with Gasteiger partial charge < -0.3 is 0 Å². The number of hydrogen-bond donors (Lipinski definition) is 0. The van der Waals surface area contributed by atoms with Crippen LogP contribution in [0.15, 0.2) is 24.3 Å². The van der Waals surface area contributed by atoms with E-state index < -0.39 is 6.17 Å². The summed E-state index contributed by atoms with van der Waals surface area (Å²) in [6, 6.07) is 7.83. The average Bonchev–Trinajstić information content (AvgIpc) is 2.06. The molecule has 1 aliphatic rings. The second-order valence-electron chi connectivity index (χ2n) is 3.06. The van der Waals surface area contributed by atoms with Crippen LogP contribution in [0.3, 0.4) is 0 Å². The minimum absolute atomic E-state index is 0. The Balaban J connectivity index is 0.000000720. The zero-order valence-corrected chi connectivity index (χ0v) is 7.61. The van der Waals surface area contributed by atoms with Gasteiger partial charge in [0.15, 0.2) is 0 Å². The highest BCUT2D eigenvalue weighted by Gasteiger charge is 2.17. The highest BCUT2D eigenvalue weighted by molar-refractivity contribution is 5.85. The number of benzene rings is 1. The minimum atomic E-state index is -0.708. The SMILES string of the molecule is Cl.FC1CCCc2ccccc21. The van der Waals surface area contributed by atoms with E-state index >= 15 is 0 Å². The Labute approximate surface area is 78.2 Å². The van der Waals surface area contributed by atoms with Gasteiger partial charge in [0.25, 0.3) is 0 Å². The third-order valence-electron chi connectivity index (χ3n) is 2.30. The van der Waals surface area contributed by atoms with Crippen molar-refractivity contribution in [1.82, 2.24) is 0 Å². The van der Waals surface area contributed by atoms with Gasteiger partial charge in [0.2, 0.25) is 0 Å². The van der Waals surface area contributed by atoms with Gasteiger partial charge in [0.05, 0.1) is 0 Å². The molecule has 0 spiro atoms. The van der Waals surface area contributed by atoms with Crippen LogP contribution in [0, 0.1) is 0 Å². The lowest BCUT2D eigenvalue weighted by Gasteiger charge is -2.18. The van der Waals surface area contributed by atoms with E-state index in [2.05, 4.69) is 0 Å². The Hall–Kier alpha value is -0.560. The standard InChI is InChI=1S/C10H11F.ClH/c11-10-7-3-5-8-4-1-2-6-9(8)10;/h1-2,4,6,10H,3,5,7H2;1H. The summed E-state index contributed by atoms with van der Waals surface area (Å²) in [7, 11) is 0. The maximum atomic E-state index is 13.2. The van der Waals surface area contributed by atoms with Crippen molar-refractivity contribution in [3.63, 3.8) is 0 Å². The molecule has 0 nitrogen and oxygen atoms in total. The second kappa shape index (κ2) is 3.90. The molecule has 0 N–H and O–H groups in total. The summed E-state index contributed by atoms with van der Waals surface area (Å²) >= 11 is 0. The van der Waals surface area contributed by atoms with Crippen LogP contribution in [0.1, 0.15) is 30.1 Å². The Morgan fingerprint density at radius 3 is 2.75 bits per heavy atom. The molecule has 0 saturated carbocycles. The maximum absolute atomic E-state index is 13.2. The molecule has 1 aliphatic carbocycles. The van der Waals surface area contributed by atoms with Crippen LogP contribution in [-0.4, -0.2) is 0 Å². The number of fused-ring (bicyclic) bond motifs is 1. The first-order valence-corrected chi connectivity index (χ1v) is 4.10. The third-order valence-corrected chi connectivity index (χ3v) is 2.30. The van der Waals surface area contributed by atoms with Gasteiger partial charge in [-0.05, 0) is 30.4 Å². The van der Waals surface area contributed by atoms with Gasteiger partial charge in [-0.15, -0.1) is 12.4 Å². The summed E-state index contributed by atoms with van der Waals surface area (Å²) in [6.07, 6.45) is 2.05. The predicted molar refractivity (Wildman–Crippen MR) is 50.5 cm³/mol. The molecule has 0 amide bonds. The van der Waals surface area contributed by atoms with Crippen molar-refractivity contribution < 1.29 is 4.39 Å². The number of alkyl halides is 1. The fourth-order valence-electron chi connectivity index (χ4n) is 1.69. The number of hydrogen-bond acceptors (Lipinski definition) is 0. The molecular weight excluding hydrogens is 175 g/mol.